The van der Waals surface area contributed by atoms with Crippen molar-refractivity contribution < 1.29 is 13.2 Å². The monoisotopic (exact) mass is 352 g/mol. The number of aryl methyl sites for hydroxylation is 1. The molecule has 0 aliphatic carbocycles. The standard InChI is InChI=1S/C16H24N4O3S/c1-19-15-8-4-3-7-14(15)18-16(19)10-17-24(21,22)20-9-5-6-13(11-20)12-23-2/h3-4,7-8,13,17H,5-6,9-12H2,1-2H3. The molecule has 0 saturated carbocycles. The molecular weight excluding hydrogens is 328 g/mol. The molecule has 7 nitrogen and oxygen atoms in total. The van der Waals surface area contributed by atoms with Crippen LogP contribution in [-0.4, -0.2) is 49.1 Å². The first-order valence-corrected chi connectivity index (χ1v) is 9.59. The lowest BCUT2D eigenvalue weighted by Gasteiger charge is -2.31. The number of fused-ring (bicyclic) bond motifs is 1. The molecule has 132 valence electrons. The van der Waals surface area contributed by atoms with Gasteiger partial charge in [-0.25, -0.2) is 4.98 Å². The van der Waals surface area contributed by atoms with Crippen molar-refractivity contribution >= 4 is 21.2 Å². The predicted octanol–water partition coefficient (Wildman–Crippen LogP) is 1.27. The highest BCUT2D eigenvalue weighted by Gasteiger charge is 2.28. The Morgan fingerprint density at radius 1 is 1.38 bits per heavy atom. The molecule has 1 aromatic carbocycles. The fraction of sp³-hybridized carbons (Fsp3) is 0.562. The fourth-order valence-electron chi connectivity index (χ4n) is 3.22. The Bertz CT molecular complexity index is 801. The Kier molecular flexibility index (Phi) is 5.19. The van der Waals surface area contributed by atoms with E-state index in [0.29, 0.717) is 25.5 Å². The van der Waals surface area contributed by atoms with Gasteiger partial charge in [0.2, 0.25) is 0 Å². The van der Waals surface area contributed by atoms with E-state index < -0.39 is 10.2 Å². The molecule has 2 aromatic rings. The number of nitrogens with zero attached hydrogens (tertiary/aromatic N) is 3. The van der Waals surface area contributed by atoms with Crippen LogP contribution in [0, 0.1) is 5.92 Å². The van der Waals surface area contributed by atoms with Gasteiger partial charge in [-0.1, -0.05) is 12.1 Å². The molecule has 24 heavy (non-hydrogen) atoms. The van der Waals surface area contributed by atoms with Crippen molar-refractivity contribution in [2.75, 3.05) is 26.8 Å². The van der Waals surface area contributed by atoms with Crippen LogP contribution in [0.1, 0.15) is 18.7 Å². The van der Waals surface area contributed by atoms with E-state index in [-0.39, 0.29) is 12.5 Å². The minimum absolute atomic E-state index is 0.180. The molecule has 1 aliphatic rings. The Labute approximate surface area is 142 Å². The highest BCUT2D eigenvalue weighted by Crippen LogP contribution is 2.19. The SMILES string of the molecule is COCC1CCCN(S(=O)(=O)NCc2nc3ccccc3n2C)C1. The van der Waals surface area contributed by atoms with Crippen LogP contribution in [0.25, 0.3) is 11.0 Å². The molecule has 0 spiro atoms. The maximum Gasteiger partial charge on any atom is 0.279 e. The topological polar surface area (TPSA) is 76.5 Å². The number of rotatable bonds is 6. The summed E-state index contributed by atoms with van der Waals surface area (Å²) in [6.07, 6.45) is 1.87. The quantitative estimate of drug-likeness (QED) is 0.849. The Morgan fingerprint density at radius 2 is 2.17 bits per heavy atom. The Hall–Kier alpha value is -1.48. The number of para-hydroxylation sites is 2. The average Bonchev–Trinajstić information content (AvgIpc) is 2.90. The molecule has 8 heteroatoms. The normalized spacial score (nSPS) is 19.8. The van der Waals surface area contributed by atoms with Crippen LogP contribution < -0.4 is 4.72 Å². The number of benzene rings is 1. The maximum atomic E-state index is 12.6. The van der Waals surface area contributed by atoms with Crippen LogP contribution in [-0.2, 0) is 28.5 Å². The summed E-state index contributed by atoms with van der Waals surface area (Å²) in [6, 6.07) is 7.77. The van der Waals surface area contributed by atoms with Gasteiger partial charge in [0, 0.05) is 27.2 Å². The summed E-state index contributed by atoms with van der Waals surface area (Å²) in [5.74, 6) is 0.960. The van der Waals surface area contributed by atoms with Crippen LogP contribution in [0.2, 0.25) is 0 Å². The molecule has 1 saturated heterocycles. The second-order valence-corrected chi connectivity index (χ2v) is 7.98. The molecule has 3 rings (SSSR count). The zero-order chi connectivity index (χ0) is 17.2. The average molecular weight is 352 g/mol. The van der Waals surface area contributed by atoms with Crippen molar-refractivity contribution in [3.05, 3.63) is 30.1 Å². The maximum absolute atomic E-state index is 12.6. The highest BCUT2D eigenvalue weighted by molar-refractivity contribution is 7.87. The van der Waals surface area contributed by atoms with E-state index in [1.54, 1.807) is 7.11 Å². The van der Waals surface area contributed by atoms with Gasteiger partial charge in [-0.3, -0.25) is 0 Å². The zero-order valence-electron chi connectivity index (χ0n) is 14.1. The van der Waals surface area contributed by atoms with Gasteiger partial charge in [0.15, 0.2) is 0 Å². The number of imidazole rings is 1. The molecule has 0 amide bonds. The number of nitrogens with one attached hydrogen (secondary N) is 1. The molecule has 0 radical (unpaired) electrons. The van der Waals surface area contributed by atoms with E-state index in [1.165, 1.54) is 4.31 Å². The molecule has 1 N–H and O–H groups in total. The van der Waals surface area contributed by atoms with Gasteiger partial charge >= 0.3 is 0 Å². The van der Waals surface area contributed by atoms with Gasteiger partial charge in [-0.05, 0) is 30.9 Å². The minimum atomic E-state index is -3.51. The summed E-state index contributed by atoms with van der Waals surface area (Å²) >= 11 is 0. The van der Waals surface area contributed by atoms with E-state index in [0.717, 1.165) is 23.9 Å². The van der Waals surface area contributed by atoms with E-state index >= 15 is 0 Å². The second kappa shape index (κ2) is 7.18. The summed E-state index contributed by atoms with van der Waals surface area (Å²) in [4.78, 5) is 4.50. The van der Waals surface area contributed by atoms with Crippen molar-refractivity contribution in [3.8, 4) is 0 Å². The Morgan fingerprint density at radius 3 is 2.92 bits per heavy atom. The molecule has 1 aliphatic heterocycles. The number of hydrogen-bond donors (Lipinski definition) is 1. The third-order valence-corrected chi connectivity index (χ3v) is 6.04. The smallest absolute Gasteiger partial charge is 0.279 e. The van der Waals surface area contributed by atoms with Crippen LogP contribution >= 0.6 is 0 Å². The largest absolute Gasteiger partial charge is 0.384 e. The lowest BCUT2D eigenvalue weighted by Crippen LogP contribution is -2.46. The lowest BCUT2D eigenvalue weighted by atomic mass is 10.0. The van der Waals surface area contributed by atoms with E-state index in [4.69, 9.17) is 4.74 Å². The number of piperidine rings is 1. The lowest BCUT2D eigenvalue weighted by molar-refractivity contribution is 0.118. The second-order valence-electron chi connectivity index (χ2n) is 6.22. The first-order valence-electron chi connectivity index (χ1n) is 8.15. The molecule has 1 fully saturated rings. The van der Waals surface area contributed by atoms with Crippen molar-refractivity contribution in [1.29, 1.82) is 0 Å². The molecule has 1 atom stereocenters. The molecular formula is C16H24N4O3S. The van der Waals surface area contributed by atoms with Crippen LogP contribution in [0.5, 0.6) is 0 Å². The van der Waals surface area contributed by atoms with E-state index in [1.807, 2.05) is 35.9 Å². The number of hydrogen-bond acceptors (Lipinski definition) is 4. The van der Waals surface area contributed by atoms with Gasteiger partial charge in [-0.15, -0.1) is 0 Å². The summed E-state index contributed by atoms with van der Waals surface area (Å²) in [5, 5.41) is 0. The van der Waals surface area contributed by atoms with Gasteiger partial charge < -0.3 is 9.30 Å². The van der Waals surface area contributed by atoms with E-state index in [9.17, 15) is 8.42 Å². The minimum Gasteiger partial charge on any atom is -0.384 e. The molecule has 1 aromatic heterocycles. The first kappa shape index (κ1) is 17.3. The van der Waals surface area contributed by atoms with Gasteiger partial charge in [-0.2, -0.15) is 17.4 Å². The van der Waals surface area contributed by atoms with E-state index in [2.05, 4.69) is 9.71 Å². The summed E-state index contributed by atoms with van der Waals surface area (Å²) in [6.45, 7) is 1.83. The molecule has 0 bridgehead atoms. The zero-order valence-corrected chi connectivity index (χ0v) is 14.9. The predicted molar refractivity (Wildman–Crippen MR) is 92.6 cm³/mol. The van der Waals surface area contributed by atoms with Crippen LogP contribution in [0.3, 0.4) is 0 Å². The van der Waals surface area contributed by atoms with Crippen molar-refractivity contribution in [3.63, 3.8) is 0 Å². The van der Waals surface area contributed by atoms with Crippen LogP contribution in [0.4, 0.5) is 0 Å². The summed E-state index contributed by atoms with van der Waals surface area (Å²) in [7, 11) is 0.0350. The molecule has 1 unspecified atom stereocenters. The Balaban J connectivity index is 1.69. The van der Waals surface area contributed by atoms with Crippen molar-refractivity contribution in [1.82, 2.24) is 18.6 Å². The summed E-state index contributed by atoms with van der Waals surface area (Å²) in [5.41, 5.74) is 1.86. The van der Waals surface area contributed by atoms with Crippen molar-refractivity contribution in [2.24, 2.45) is 13.0 Å². The van der Waals surface area contributed by atoms with Gasteiger partial charge in [0.1, 0.15) is 5.82 Å². The fourth-order valence-corrected chi connectivity index (χ4v) is 4.49. The number of methoxy groups -OCH3 is 1. The number of aromatic nitrogens is 2. The molecule has 2 heterocycles. The van der Waals surface area contributed by atoms with Crippen LogP contribution in [0.15, 0.2) is 24.3 Å². The van der Waals surface area contributed by atoms with Gasteiger partial charge in [0.25, 0.3) is 10.2 Å². The first-order chi connectivity index (χ1) is 11.5. The number of ether oxygens (including phenoxy) is 1. The van der Waals surface area contributed by atoms with Gasteiger partial charge in [0.05, 0.1) is 24.2 Å². The van der Waals surface area contributed by atoms with Crippen molar-refractivity contribution in [2.45, 2.75) is 19.4 Å². The summed E-state index contributed by atoms with van der Waals surface area (Å²) < 4.78 is 36.4. The third-order valence-electron chi connectivity index (χ3n) is 4.52. The highest BCUT2D eigenvalue weighted by atomic mass is 32.2. The third kappa shape index (κ3) is 3.61.